The zero-order valence-corrected chi connectivity index (χ0v) is 21.5. The molecule has 4 unspecified atom stereocenters. The molecule has 0 saturated heterocycles. The van der Waals surface area contributed by atoms with E-state index in [9.17, 15) is 8.76 Å². The maximum absolute atomic E-state index is 11.5. The summed E-state index contributed by atoms with van der Waals surface area (Å²) in [6.45, 7) is 6.45. The number of nitrogens with zero attached hydrogens (tertiary/aromatic N) is 3. The van der Waals surface area contributed by atoms with Crippen molar-refractivity contribution in [2.24, 2.45) is 10.9 Å². The Balaban J connectivity index is 1.54. The molecule has 1 aromatic heterocycles. The van der Waals surface area contributed by atoms with E-state index in [1.165, 1.54) is 6.33 Å². The minimum absolute atomic E-state index is 0.151. The van der Waals surface area contributed by atoms with Crippen LogP contribution < -0.4 is 15.2 Å². The molecule has 0 spiro atoms. The average Bonchev–Trinajstić information content (AvgIpc) is 3.20. The summed E-state index contributed by atoms with van der Waals surface area (Å²) in [4.78, 5) is 14.8. The number of fused-ring (bicyclic) bond motifs is 2. The smallest absolute Gasteiger partial charge is 0.231 e. The summed E-state index contributed by atoms with van der Waals surface area (Å²) >= 11 is -0.127. The monoisotopic (exact) mass is 504 g/mol. The molecule has 34 heavy (non-hydrogen) atoms. The van der Waals surface area contributed by atoms with E-state index in [0.717, 1.165) is 71.2 Å². The second-order valence-corrected chi connectivity index (χ2v) is 11.2. The number of anilines is 1. The molecule has 4 rings (SSSR count). The zero-order chi connectivity index (χ0) is 24.2. The van der Waals surface area contributed by atoms with Gasteiger partial charge in [-0.25, -0.2) is 19.2 Å². The molecular weight excluding hydrogens is 472 g/mol. The normalized spacial score (nSPS) is 20.9. The molecule has 3 N–H and O–H groups in total. The number of nitrogen functional groups attached to an aromatic ring is 1. The molecule has 3 heterocycles. The summed E-state index contributed by atoms with van der Waals surface area (Å²) in [7, 11) is 0. The van der Waals surface area contributed by atoms with Crippen molar-refractivity contribution < 1.29 is 18.2 Å². The lowest BCUT2D eigenvalue weighted by atomic mass is 9.84. The van der Waals surface area contributed by atoms with E-state index in [-0.39, 0.29) is 18.0 Å². The van der Waals surface area contributed by atoms with Crippen LogP contribution in [0.4, 0.5) is 11.5 Å². The molecule has 2 aromatic rings. The van der Waals surface area contributed by atoms with Gasteiger partial charge in [-0.3, -0.25) is 0 Å². The topological polar surface area (TPSA) is 120 Å². The summed E-state index contributed by atoms with van der Waals surface area (Å²) in [5.74, 6) is 2.43. The van der Waals surface area contributed by atoms with Gasteiger partial charge in [-0.2, -0.15) is 0 Å². The molecule has 2 aliphatic rings. The first kappa shape index (κ1) is 24.9. The van der Waals surface area contributed by atoms with Crippen molar-refractivity contribution in [3.8, 4) is 11.5 Å². The molecule has 0 aliphatic carbocycles. The summed E-state index contributed by atoms with van der Waals surface area (Å²) in [6.07, 6.45) is 6.69. The van der Waals surface area contributed by atoms with Crippen LogP contribution in [0, 0.1) is 12.8 Å². The largest absolute Gasteiger partial charge is 0.454 e. The molecule has 1 aromatic carbocycles. The number of hydrogen-bond acceptors (Lipinski definition) is 8. The Bertz CT molecular complexity index is 1090. The van der Waals surface area contributed by atoms with Crippen LogP contribution in [0.15, 0.2) is 28.3 Å². The second-order valence-electron chi connectivity index (χ2n) is 8.92. The van der Waals surface area contributed by atoms with Crippen molar-refractivity contribution in [3.05, 3.63) is 29.7 Å². The van der Waals surface area contributed by atoms with Gasteiger partial charge in [0, 0.05) is 10.8 Å². The number of rotatable bonds is 8. The van der Waals surface area contributed by atoms with E-state index in [0.29, 0.717) is 17.4 Å². The first-order chi connectivity index (χ1) is 16.4. The number of ether oxygens (including phenoxy) is 2. The highest BCUT2D eigenvalue weighted by molar-refractivity contribution is 8.14. The highest BCUT2D eigenvalue weighted by atomic mass is 32.2. The van der Waals surface area contributed by atoms with E-state index in [4.69, 9.17) is 20.2 Å². The average molecular weight is 505 g/mol. The lowest BCUT2D eigenvalue weighted by Crippen LogP contribution is -2.15. The molecule has 0 amide bonds. The molecule has 0 radical (unpaired) electrons. The van der Waals surface area contributed by atoms with Crippen LogP contribution in [0.5, 0.6) is 11.5 Å². The van der Waals surface area contributed by atoms with Crippen molar-refractivity contribution >= 4 is 39.4 Å². The van der Waals surface area contributed by atoms with E-state index < -0.39 is 11.1 Å². The number of benzene rings is 1. The summed E-state index contributed by atoms with van der Waals surface area (Å²) in [5.41, 5.74) is 8.88. The van der Waals surface area contributed by atoms with Gasteiger partial charge in [-0.15, -0.1) is 0 Å². The first-order valence-electron chi connectivity index (χ1n) is 11.7. The molecule has 0 fully saturated rings. The Kier molecular flexibility index (Phi) is 8.10. The highest BCUT2D eigenvalue weighted by Gasteiger charge is 2.30. The second kappa shape index (κ2) is 11.0. The van der Waals surface area contributed by atoms with Gasteiger partial charge < -0.3 is 19.8 Å². The van der Waals surface area contributed by atoms with Gasteiger partial charge in [0.05, 0.1) is 16.0 Å². The van der Waals surface area contributed by atoms with Crippen LogP contribution in [0.1, 0.15) is 69.5 Å². The number of aryl methyl sites for hydroxylation is 1. The van der Waals surface area contributed by atoms with Crippen molar-refractivity contribution in [1.29, 1.82) is 0 Å². The number of aromatic nitrogens is 2. The Labute approximate surface area is 207 Å². The maximum atomic E-state index is 11.5. The van der Waals surface area contributed by atoms with Crippen LogP contribution in [0.2, 0.25) is 0 Å². The van der Waals surface area contributed by atoms with Gasteiger partial charge in [-0.1, -0.05) is 38.5 Å². The summed E-state index contributed by atoms with van der Waals surface area (Å²) < 4.78 is 32.0. The van der Waals surface area contributed by atoms with Gasteiger partial charge in [0.15, 0.2) is 28.4 Å². The minimum atomic E-state index is -1.76. The molecule has 184 valence electrons. The quantitative estimate of drug-likeness (QED) is 0.352. The molecule has 8 nitrogen and oxygen atoms in total. The highest BCUT2D eigenvalue weighted by Crippen LogP contribution is 2.44. The predicted molar refractivity (Wildman–Crippen MR) is 137 cm³/mol. The van der Waals surface area contributed by atoms with E-state index in [1.807, 2.05) is 19.1 Å². The maximum Gasteiger partial charge on any atom is 0.231 e. The predicted octanol–water partition coefficient (Wildman–Crippen LogP) is 5.60. The summed E-state index contributed by atoms with van der Waals surface area (Å²) in [5, 5.41) is 0.823. The van der Waals surface area contributed by atoms with E-state index in [1.54, 1.807) is 11.8 Å². The lowest BCUT2D eigenvalue weighted by Gasteiger charge is -2.23. The van der Waals surface area contributed by atoms with Crippen molar-refractivity contribution in [1.82, 2.24) is 9.97 Å². The molecule has 2 aliphatic heterocycles. The number of unbranched alkanes of at least 4 members (excludes halogenated alkanes) is 1. The van der Waals surface area contributed by atoms with Gasteiger partial charge >= 0.3 is 0 Å². The molecule has 10 heteroatoms. The van der Waals surface area contributed by atoms with Gasteiger partial charge in [-0.05, 0) is 56.2 Å². The van der Waals surface area contributed by atoms with E-state index in [2.05, 4.69) is 23.8 Å². The van der Waals surface area contributed by atoms with Gasteiger partial charge in [0.1, 0.15) is 12.0 Å². The number of aliphatic imine (C=N–C) groups is 1. The molecular formula is C24H32N4O4S2. The molecule has 0 saturated carbocycles. The molecule has 4 atom stereocenters. The fourth-order valence-corrected chi connectivity index (χ4v) is 6.28. The van der Waals surface area contributed by atoms with Crippen molar-refractivity contribution in [2.75, 3.05) is 12.5 Å². The Morgan fingerprint density at radius 3 is 2.76 bits per heavy atom. The Hall–Kier alpha value is -2.17. The van der Waals surface area contributed by atoms with Crippen LogP contribution in [-0.4, -0.2) is 35.8 Å². The van der Waals surface area contributed by atoms with Crippen LogP contribution >= 0.6 is 11.8 Å². The zero-order valence-electron chi connectivity index (χ0n) is 19.8. The third-order valence-electron chi connectivity index (χ3n) is 6.68. The van der Waals surface area contributed by atoms with Crippen molar-refractivity contribution in [2.45, 2.75) is 75.4 Å². The van der Waals surface area contributed by atoms with Gasteiger partial charge in [0.2, 0.25) is 6.79 Å². The molecule has 0 bridgehead atoms. The minimum Gasteiger partial charge on any atom is -0.454 e. The fraction of sp³-hybridized carbons (Fsp3) is 0.542. The van der Waals surface area contributed by atoms with Gasteiger partial charge in [0.25, 0.3) is 0 Å². The first-order valence-corrected chi connectivity index (χ1v) is 13.7. The SMILES string of the molecule is CCC(CCCCC1CC(Sc2cc3c(cc2C)OCO3)=Nc2c(N)ncnc2C1C)S(=O)O. The Morgan fingerprint density at radius 1 is 1.26 bits per heavy atom. The standard InChI is InChI=1S/C24H32N4O4S2/c1-4-17(34(29)30)8-6-5-7-16-10-21(28-23-22(15(16)3)26-12-27-24(23)25)33-20-11-19-18(9-14(20)2)31-13-32-19/h9,11-12,15-17H,4-8,10,13H2,1-3H3,(H,29,30)(H2,25,26,27). The number of hydrogen-bond donors (Lipinski definition) is 2. The van der Waals surface area contributed by atoms with Crippen LogP contribution in [0.25, 0.3) is 0 Å². The third kappa shape index (κ3) is 5.55. The van der Waals surface area contributed by atoms with E-state index >= 15 is 0 Å². The fourth-order valence-electron chi connectivity index (χ4n) is 4.55. The summed E-state index contributed by atoms with van der Waals surface area (Å²) in [6, 6.07) is 4.02. The van der Waals surface area contributed by atoms with Crippen molar-refractivity contribution in [3.63, 3.8) is 0 Å². The Morgan fingerprint density at radius 2 is 2.03 bits per heavy atom. The third-order valence-corrected chi connectivity index (χ3v) is 8.97. The lowest BCUT2D eigenvalue weighted by molar-refractivity contribution is 0.174. The number of thioether (sulfide) groups is 1. The van der Waals surface area contributed by atoms with Crippen LogP contribution in [0.3, 0.4) is 0 Å². The van der Waals surface area contributed by atoms with Crippen LogP contribution in [-0.2, 0) is 11.1 Å². The number of nitrogens with two attached hydrogens (primary N) is 1.